The van der Waals surface area contributed by atoms with Crippen molar-refractivity contribution in [2.45, 2.75) is 11.3 Å². The minimum Gasteiger partial charge on any atom is -0.495 e. The number of ether oxygens (including phenoxy) is 1. The van der Waals surface area contributed by atoms with Gasteiger partial charge in [0.25, 0.3) is 0 Å². The Morgan fingerprint density at radius 1 is 1.48 bits per heavy atom. The summed E-state index contributed by atoms with van der Waals surface area (Å²) < 4.78 is 57.7. The van der Waals surface area contributed by atoms with Gasteiger partial charge in [-0.2, -0.15) is 0 Å². The van der Waals surface area contributed by atoms with Crippen molar-refractivity contribution in [2.75, 3.05) is 13.7 Å². The van der Waals surface area contributed by atoms with Gasteiger partial charge in [0.1, 0.15) is 17.4 Å². The number of rotatable bonds is 6. The van der Waals surface area contributed by atoms with E-state index in [-0.39, 0.29) is 12.5 Å². The number of carbonyl (C=O) groups is 1. The van der Waals surface area contributed by atoms with Crippen LogP contribution in [0, 0.1) is 23.5 Å². The van der Waals surface area contributed by atoms with E-state index in [1.165, 1.54) is 0 Å². The Bertz CT molecular complexity index is 676. The lowest BCUT2D eigenvalue weighted by Gasteiger charge is -2.11. The first-order chi connectivity index (χ1) is 9.76. The SMILES string of the molecule is COc1cc(F)cc(F)c1S(=O)(=O)NC[C@@H]1C[C@H]1C(=O)O. The molecule has 2 atom stereocenters. The number of methoxy groups -OCH3 is 1. The Morgan fingerprint density at radius 3 is 2.67 bits per heavy atom. The van der Waals surface area contributed by atoms with Crippen LogP contribution in [0.15, 0.2) is 17.0 Å². The van der Waals surface area contributed by atoms with Crippen molar-refractivity contribution in [3.05, 3.63) is 23.8 Å². The van der Waals surface area contributed by atoms with Crippen LogP contribution in [-0.2, 0) is 14.8 Å². The molecule has 0 unspecified atom stereocenters. The fourth-order valence-electron chi connectivity index (χ4n) is 2.01. The lowest BCUT2D eigenvalue weighted by Crippen LogP contribution is -2.28. The van der Waals surface area contributed by atoms with Gasteiger partial charge in [0.15, 0.2) is 4.90 Å². The summed E-state index contributed by atoms with van der Waals surface area (Å²) in [6.07, 6.45) is 0.362. The molecular weight excluding hydrogens is 308 g/mol. The molecule has 0 saturated heterocycles. The van der Waals surface area contributed by atoms with Gasteiger partial charge in [0.05, 0.1) is 13.0 Å². The Balaban J connectivity index is 2.19. The van der Waals surface area contributed by atoms with E-state index in [1.54, 1.807) is 0 Å². The standard InChI is InChI=1S/C12H13F2NO5S/c1-20-10-4-7(13)3-9(14)11(10)21(18,19)15-5-6-2-8(6)12(16)17/h3-4,6,8,15H,2,5H2,1H3,(H,16,17)/t6-,8+/m0/s1. The number of benzene rings is 1. The summed E-state index contributed by atoms with van der Waals surface area (Å²) in [6, 6.07) is 1.20. The molecule has 1 aliphatic rings. The van der Waals surface area contributed by atoms with Crippen LogP contribution in [0.25, 0.3) is 0 Å². The molecule has 0 aromatic heterocycles. The van der Waals surface area contributed by atoms with Crippen molar-refractivity contribution in [2.24, 2.45) is 11.8 Å². The molecule has 6 nitrogen and oxygen atoms in total. The maximum absolute atomic E-state index is 13.7. The van der Waals surface area contributed by atoms with Gasteiger partial charge in [-0.3, -0.25) is 4.79 Å². The van der Waals surface area contributed by atoms with Gasteiger partial charge in [-0.05, 0) is 12.3 Å². The molecule has 0 aliphatic heterocycles. The average molecular weight is 321 g/mol. The summed E-state index contributed by atoms with van der Waals surface area (Å²) in [7, 11) is -3.17. The van der Waals surface area contributed by atoms with Crippen LogP contribution >= 0.6 is 0 Å². The van der Waals surface area contributed by atoms with Crippen molar-refractivity contribution < 1.29 is 31.8 Å². The zero-order valence-corrected chi connectivity index (χ0v) is 11.8. The predicted molar refractivity (Wildman–Crippen MR) is 67.3 cm³/mol. The molecule has 0 bridgehead atoms. The molecule has 116 valence electrons. The monoisotopic (exact) mass is 321 g/mol. The van der Waals surface area contributed by atoms with Gasteiger partial charge in [-0.15, -0.1) is 0 Å². The summed E-state index contributed by atoms with van der Waals surface area (Å²) in [5, 5.41) is 8.73. The highest BCUT2D eigenvalue weighted by atomic mass is 32.2. The van der Waals surface area contributed by atoms with Gasteiger partial charge in [-0.1, -0.05) is 0 Å². The smallest absolute Gasteiger partial charge is 0.306 e. The highest BCUT2D eigenvalue weighted by Gasteiger charge is 2.43. The minimum absolute atomic E-state index is 0.126. The van der Waals surface area contributed by atoms with Gasteiger partial charge in [0.2, 0.25) is 10.0 Å². The zero-order chi connectivity index (χ0) is 15.8. The number of aliphatic carboxylic acids is 1. The topological polar surface area (TPSA) is 92.7 Å². The van der Waals surface area contributed by atoms with E-state index in [2.05, 4.69) is 9.46 Å². The average Bonchev–Trinajstić information content (AvgIpc) is 3.14. The number of halogens is 2. The maximum Gasteiger partial charge on any atom is 0.306 e. The van der Waals surface area contributed by atoms with E-state index in [0.717, 1.165) is 13.2 Å². The van der Waals surface area contributed by atoms with Gasteiger partial charge in [0, 0.05) is 18.7 Å². The second kappa shape index (κ2) is 5.57. The van der Waals surface area contributed by atoms with Crippen molar-refractivity contribution in [1.29, 1.82) is 0 Å². The van der Waals surface area contributed by atoms with E-state index in [0.29, 0.717) is 12.5 Å². The maximum atomic E-state index is 13.7. The summed E-state index contributed by atoms with van der Waals surface area (Å²) >= 11 is 0. The van der Waals surface area contributed by atoms with Gasteiger partial charge in [-0.25, -0.2) is 21.9 Å². The first kappa shape index (κ1) is 15.6. The van der Waals surface area contributed by atoms with Crippen LogP contribution in [0.5, 0.6) is 5.75 Å². The van der Waals surface area contributed by atoms with Crippen molar-refractivity contribution in [3.8, 4) is 5.75 Å². The van der Waals surface area contributed by atoms with Gasteiger partial charge >= 0.3 is 5.97 Å². The molecule has 0 spiro atoms. The first-order valence-corrected chi connectivity index (χ1v) is 7.50. The van der Waals surface area contributed by atoms with Crippen LogP contribution < -0.4 is 9.46 Å². The molecule has 0 radical (unpaired) electrons. The van der Waals surface area contributed by atoms with Crippen molar-refractivity contribution >= 4 is 16.0 Å². The van der Waals surface area contributed by atoms with Crippen molar-refractivity contribution in [1.82, 2.24) is 4.72 Å². The Labute approximate surface area is 119 Å². The van der Waals surface area contributed by atoms with E-state index in [1.807, 2.05) is 0 Å². The summed E-state index contributed by atoms with van der Waals surface area (Å²) in [5.74, 6) is -4.60. The molecule has 9 heteroatoms. The van der Waals surface area contributed by atoms with E-state index in [9.17, 15) is 22.0 Å². The summed E-state index contributed by atoms with van der Waals surface area (Å²) in [5.41, 5.74) is 0. The number of hydrogen-bond donors (Lipinski definition) is 2. The quantitative estimate of drug-likeness (QED) is 0.814. The molecule has 2 rings (SSSR count). The van der Waals surface area contributed by atoms with Crippen LogP contribution in [0.3, 0.4) is 0 Å². The second-order valence-electron chi connectivity index (χ2n) is 4.71. The van der Waals surface area contributed by atoms with Crippen molar-refractivity contribution in [3.63, 3.8) is 0 Å². The molecule has 1 aliphatic carbocycles. The second-order valence-corrected chi connectivity index (χ2v) is 6.42. The summed E-state index contributed by atoms with van der Waals surface area (Å²) in [6.45, 7) is -0.126. The fourth-order valence-corrected chi connectivity index (χ4v) is 3.31. The van der Waals surface area contributed by atoms with Gasteiger partial charge < -0.3 is 9.84 Å². The van der Waals surface area contributed by atoms with E-state index >= 15 is 0 Å². The highest BCUT2D eigenvalue weighted by molar-refractivity contribution is 7.89. The lowest BCUT2D eigenvalue weighted by molar-refractivity contribution is -0.138. The van der Waals surface area contributed by atoms with Crippen LogP contribution in [0.4, 0.5) is 8.78 Å². The normalized spacial score (nSPS) is 21.1. The molecule has 1 aromatic rings. The first-order valence-electron chi connectivity index (χ1n) is 6.01. The fraction of sp³-hybridized carbons (Fsp3) is 0.417. The van der Waals surface area contributed by atoms with Crippen LogP contribution in [-0.4, -0.2) is 33.1 Å². The van der Waals surface area contributed by atoms with Crippen LogP contribution in [0.1, 0.15) is 6.42 Å². The molecular formula is C12H13F2NO5S. The third kappa shape index (κ3) is 3.30. The molecule has 21 heavy (non-hydrogen) atoms. The number of carboxylic acid groups (broad SMARTS) is 1. The molecule has 0 heterocycles. The number of sulfonamides is 1. The summed E-state index contributed by atoms with van der Waals surface area (Å²) in [4.78, 5) is 9.87. The van der Waals surface area contributed by atoms with E-state index < -0.39 is 44.2 Å². The zero-order valence-electron chi connectivity index (χ0n) is 11.0. The molecule has 1 fully saturated rings. The number of nitrogens with one attached hydrogen (secondary N) is 1. The third-order valence-electron chi connectivity index (χ3n) is 3.24. The predicted octanol–water partition coefficient (Wildman–Crippen LogP) is 0.972. The lowest BCUT2D eigenvalue weighted by atomic mass is 10.3. The van der Waals surface area contributed by atoms with E-state index in [4.69, 9.17) is 5.11 Å². The number of carboxylic acids is 1. The molecule has 0 amide bonds. The Morgan fingerprint density at radius 2 is 2.14 bits per heavy atom. The molecule has 1 saturated carbocycles. The Kier molecular flexibility index (Phi) is 4.15. The molecule has 2 N–H and O–H groups in total. The number of hydrogen-bond acceptors (Lipinski definition) is 4. The van der Waals surface area contributed by atoms with Crippen LogP contribution in [0.2, 0.25) is 0 Å². The minimum atomic E-state index is -4.26. The largest absolute Gasteiger partial charge is 0.495 e. The molecule has 1 aromatic carbocycles. The third-order valence-corrected chi connectivity index (χ3v) is 4.72. The highest BCUT2D eigenvalue weighted by Crippen LogP contribution is 2.38. The Hall–Kier alpha value is -1.74.